The van der Waals surface area contributed by atoms with Crippen LogP contribution in [0.4, 0.5) is 0 Å². The Morgan fingerprint density at radius 1 is 1.39 bits per heavy atom. The lowest BCUT2D eigenvalue weighted by molar-refractivity contribution is 0.0600. The van der Waals surface area contributed by atoms with Crippen LogP contribution >= 0.6 is 0 Å². The number of carbonyl (C=O) groups is 2. The summed E-state index contributed by atoms with van der Waals surface area (Å²) in [6.07, 6.45) is 0. The first-order chi connectivity index (χ1) is 11.0. The molecule has 1 atom stereocenters. The predicted molar refractivity (Wildman–Crippen MR) is 83.6 cm³/mol. The van der Waals surface area contributed by atoms with Crippen molar-refractivity contribution < 1.29 is 24.2 Å². The fraction of sp³-hybridized carbons (Fsp3) is 0.500. The van der Waals surface area contributed by atoms with E-state index in [1.54, 1.807) is 0 Å². The summed E-state index contributed by atoms with van der Waals surface area (Å²) in [7, 11) is 3.26. The van der Waals surface area contributed by atoms with Crippen molar-refractivity contribution in [2.75, 3.05) is 47.0 Å². The summed E-state index contributed by atoms with van der Waals surface area (Å²) in [4.78, 5) is 25.9. The topological polar surface area (TPSA) is 88.1 Å². The number of carbonyl (C=O) groups excluding carboxylic acids is 2. The van der Waals surface area contributed by atoms with E-state index in [2.05, 4.69) is 15.0 Å². The largest absolute Gasteiger partial charge is 0.508 e. The number of nitrogens with one attached hydrogen (secondary N) is 1. The molecule has 0 spiro atoms. The Kier molecular flexibility index (Phi) is 5.95. The van der Waals surface area contributed by atoms with Crippen molar-refractivity contribution >= 4 is 11.9 Å². The summed E-state index contributed by atoms with van der Waals surface area (Å²) in [5.41, 5.74) is 0.350. The van der Waals surface area contributed by atoms with Gasteiger partial charge in [-0.05, 0) is 25.2 Å². The molecule has 2 N–H and O–H groups in total. The van der Waals surface area contributed by atoms with Gasteiger partial charge in [0.05, 0.1) is 25.9 Å². The van der Waals surface area contributed by atoms with E-state index in [1.807, 2.05) is 7.05 Å². The molecule has 0 bridgehead atoms. The van der Waals surface area contributed by atoms with E-state index in [0.717, 1.165) is 13.1 Å². The lowest BCUT2D eigenvalue weighted by Crippen LogP contribution is -2.35. The van der Waals surface area contributed by atoms with Crippen LogP contribution in [0.25, 0.3) is 0 Å². The number of nitrogens with zero attached hydrogens (tertiary/aromatic N) is 1. The molecule has 7 nitrogen and oxygen atoms in total. The first-order valence-corrected chi connectivity index (χ1v) is 7.46. The Labute approximate surface area is 135 Å². The second-order valence-electron chi connectivity index (χ2n) is 5.67. The van der Waals surface area contributed by atoms with Gasteiger partial charge in [-0.15, -0.1) is 0 Å². The van der Waals surface area contributed by atoms with E-state index in [1.165, 1.54) is 25.3 Å². The molecule has 1 aromatic rings. The van der Waals surface area contributed by atoms with Gasteiger partial charge in [0.1, 0.15) is 5.75 Å². The molecule has 1 saturated heterocycles. The number of amides is 1. The fourth-order valence-electron chi connectivity index (χ4n) is 2.50. The molecule has 1 amide bonds. The minimum absolute atomic E-state index is 0.134. The normalized spacial score (nSPS) is 19.0. The molecule has 0 radical (unpaired) electrons. The second kappa shape index (κ2) is 7.94. The molecule has 126 valence electrons. The number of esters is 1. The zero-order valence-electron chi connectivity index (χ0n) is 13.4. The number of hydrogen-bond acceptors (Lipinski definition) is 6. The Balaban J connectivity index is 2.00. The number of phenolic OH excluding ortho intramolecular Hbond substituents is 1. The summed E-state index contributed by atoms with van der Waals surface area (Å²) >= 11 is 0. The standard InChI is InChI=1S/C16H22N2O5/c1-18-3-4-23-10-11(9-18)8-17-15(20)12-5-13(16(21)22-2)7-14(19)6-12/h5-7,11,19H,3-4,8-10H2,1-2H3,(H,17,20)/t11-/m0/s1. The SMILES string of the molecule is COC(=O)c1cc(O)cc(C(=O)NC[C@@H]2COCCN(C)C2)c1. The number of ether oxygens (including phenoxy) is 2. The van der Waals surface area contributed by atoms with Gasteiger partial charge in [0, 0.05) is 31.1 Å². The highest BCUT2D eigenvalue weighted by Crippen LogP contribution is 2.17. The van der Waals surface area contributed by atoms with Gasteiger partial charge >= 0.3 is 5.97 Å². The number of benzene rings is 1. The summed E-state index contributed by atoms with van der Waals surface area (Å²) in [5.74, 6) is -0.911. The van der Waals surface area contributed by atoms with Crippen molar-refractivity contribution in [3.8, 4) is 5.75 Å². The molecule has 2 rings (SSSR count). The van der Waals surface area contributed by atoms with Crippen molar-refractivity contribution in [3.63, 3.8) is 0 Å². The van der Waals surface area contributed by atoms with Gasteiger partial charge in [-0.25, -0.2) is 4.79 Å². The summed E-state index contributed by atoms with van der Waals surface area (Å²) in [5, 5.41) is 12.5. The fourth-order valence-corrected chi connectivity index (χ4v) is 2.50. The van der Waals surface area contributed by atoms with Gasteiger partial charge in [-0.2, -0.15) is 0 Å². The Morgan fingerprint density at radius 2 is 2.13 bits per heavy atom. The van der Waals surface area contributed by atoms with Gasteiger partial charge in [-0.1, -0.05) is 0 Å². The van der Waals surface area contributed by atoms with E-state index in [-0.39, 0.29) is 28.7 Å². The van der Waals surface area contributed by atoms with Crippen LogP contribution < -0.4 is 5.32 Å². The van der Waals surface area contributed by atoms with Gasteiger partial charge in [0.15, 0.2) is 0 Å². The number of phenols is 1. The van der Waals surface area contributed by atoms with Crippen LogP contribution in [-0.2, 0) is 9.47 Å². The molecule has 23 heavy (non-hydrogen) atoms. The third-order valence-corrected chi connectivity index (χ3v) is 3.69. The van der Waals surface area contributed by atoms with Gasteiger partial charge in [-0.3, -0.25) is 4.79 Å². The van der Waals surface area contributed by atoms with E-state index >= 15 is 0 Å². The zero-order valence-corrected chi connectivity index (χ0v) is 13.4. The van der Waals surface area contributed by atoms with Crippen LogP contribution in [-0.4, -0.2) is 68.9 Å². The Morgan fingerprint density at radius 3 is 2.87 bits per heavy atom. The molecule has 0 aliphatic carbocycles. The van der Waals surface area contributed by atoms with Crippen LogP contribution in [0.2, 0.25) is 0 Å². The van der Waals surface area contributed by atoms with Crippen LogP contribution in [0.1, 0.15) is 20.7 Å². The molecule has 1 fully saturated rings. The maximum absolute atomic E-state index is 12.2. The monoisotopic (exact) mass is 322 g/mol. The Bertz CT molecular complexity index is 576. The van der Waals surface area contributed by atoms with Crippen molar-refractivity contribution in [2.45, 2.75) is 0 Å². The summed E-state index contributed by atoms with van der Waals surface area (Å²) in [6.45, 7) is 3.47. The van der Waals surface area contributed by atoms with E-state index in [0.29, 0.717) is 19.8 Å². The van der Waals surface area contributed by atoms with Crippen molar-refractivity contribution in [2.24, 2.45) is 5.92 Å². The first-order valence-electron chi connectivity index (χ1n) is 7.46. The third kappa shape index (κ3) is 4.94. The lowest BCUT2D eigenvalue weighted by atomic mass is 10.1. The molecule has 1 aromatic carbocycles. The molecular weight excluding hydrogens is 300 g/mol. The minimum atomic E-state index is -0.603. The van der Waals surface area contributed by atoms with Gasteiger partial charge in [0.25, 0.3) is 5.91 Å². The van der Waals surface area contributed by atoms with E-state index in [9.17, 15) is 14.7 Å². The lowest BCUT2D eigenvalue weighted by Gasteiger charge is -2.19. The van der Waals surface area contributed by atoms with Crippen molar-refractivity contribution in [1.29, 1.82) is 0 Å². The smallest absolute Gasteiger partial charge is 0.338 e. The van der Waals surface area contributed by atoms with Crippen LogP contribution in [0.15, 0.2) is 18.2 Å². The first kappa shape index (κ1) is 17.2. The molecule has 1 aliphatic heterocycles. The van der Waals surface area contributed by atoms with Crippen LogP contribution in [0, 0.1) is 5.92 Å². The maximum Gasteiger partial charge on any atom is 0.338 e. The number of methoxy groups -OCH3 is 1. The maximum atomic E-state index is 12.2. The molecule has 0 aromatic heterocycles. The molecule has 0 unspecified atom stereocenters. The minimum Gasteiger partial charge on any atom is -0.508 e. The summed E-state index contributed by atoms with van der Waals surface area (Å²) < 4.78 is 10.1. The quantitative estimate of drug-likeness (QED) is 0.784. The molecular formula is C16H22N2O5. The highest BCUT2D eigenvalue weighted by atomic mass is 16.5. The number of likely N-dealkylation sites (N-methyl/N-ethyl adjacent to an activating group) is 1. The van der Waals surface area contributed by atoms with Crippen LogP contribution in [0.3, 0.4) is 0 Å². The van der Waals surface area contributed by atoms with Gasteiger partial charge < -0.3 is 24.8 Å². The van der Waals surface area contributed by atoms with Crippen LogP contribution in [0.5, 0.6) is 5.75 Å². The highest BCUT2D eigenvalue weighted by Gasteiger charge is 2.18. The van der Waals surface area contributed by atoms with E-state index in [4.69, 9.17) is 4.74 Å². The molecule has 7 heteroatoms. The number of aromatic hydroxyl groups is 1. The average Bonchev–Trinajstić information content (AvgIpc) is 2.75. The molecule has 1 aliphatic rings. The molecule has 1 heterocycles. The Hall–Kier alpha value is -2.12. The zero-order chi connectivity index (χ0) is 16.8. The predicted octanol–water partition coefficient (Wildman–Crippen LogP) is 0.487. The average molecular weight is 322 g/mol. The van der Waals surface area contributed by atoms with Gasteiger partial charge in [0.2, 0.25) is 0 Å². The van der Waals surface area contributed by atoms with Crippen molar-refractivity contribution in [3.05, 3.63) is 29.3 Å². The number of hydrogen-bond donors (Lipinski definition) is 2. The highest BCUT2D eigenvalue weighted by molar-refractivity contribution is 5.98. The number of rotatable bonds is 4. The second-order valence-corrected chi connectivity index (χ2v) is 5.67. The summed E-state index contributed by atoms with van der Waals surface area (Å²) in [6, 6.07) is 3.98. The molecule has 0 saturated carbocycles. The van der Waals surface area contributed by atoms with E-state index < -0.39 is 5.97 Å². The third-order valence-electron chi connectivity index (χ3n) is 3.69. The van der Waals surface area contributed by atoms with Crippen molar-refractivity contribution in [1.82, 2.24) is 10.2 Å².